The highest BCUT2D eigenvalue weighted by Crippen LogP contribution is 2.20. The number of methoxy groups -OCH3 is 1. The molecule has 0 aliphatic heterocycles. The molecule has 0 aliphatic carbocycles. The third kappa shape index (κ3) is 4.89. The Morgan fingerprint density at radius 1 is 1.47 bits per heavy atom. The molecule has 1 unspecified atom stereocenters. The van der Waals surface area contributed by atoms with Crippen molar-refractivity contribution in [3.63, 3.8) is 0 Å². The molecular weight excluding hydrogens is 244 g/mol. The minimum Gasteiger partial charge on any atom is -0.494 e. The number of hydrogen-bond donors (Lipinski definition) is 2. The van der Waals surface area contributed by atoms with Gasteiger partial charge in [-0.3, -0.25) is 4.79 Å². The van der Waals surface area contributed by atoms with Crippen molar-refractivity contribution in [2.75, 3.05) is 20.3 Å². The highest BCUT2D eigenvalue weighted by molar-refractivity contribution is 5.81. The maximum Gasteiger partial charge on any atom is 0.239 e. The lowest BCUT2D eigenvalue weighted by molar-refractivity contribution is -0.123. The van der Waals surface area contributed by atoms with Gasteiger partial charge in [-0.1, -0.05) is 12.1 Å². The molecule has 0 aliphatic rings. The summed E-state index contributed by atoms with van der Waals surface area (Å²) in [6, 6.07) is 5.24. The number of amides is 1. The minimum atomic E-state index is -0.647. The number of nitrogens with one attached hydrogen (secondary N) is 1. The number of benzene rings is 1. The zero-order valence-corrected chi connectivity index (χ0v) is 11.7. The molecule has 106 valence electrons. The molecule has 1 atom stereocenters. The molecular formula is C14H22N2O3. The summed E-state index contributed by atoms with van der Waals surface area (Å²) in [7, 11) is 1.51. The van der Waals surface area contributed by atoms with Gasteiger partial charge in [0, 0.05) is 19.2 Å². The monoisotopic (exact) mass is 266 g/mol. The summed E-state index contributed by atoms with van der Waals surface area (Å²) in [6.07, 6.45) is 0. The van der Waals surface area contributed by atoms with E-state index in [0.717, 1.165) is 16.9 Å². The smallest absolute Gasteiger partial charge is 0.239 e. The zero-order chi connectivity index (χ0) is 14.3. The lowest BCUT2D eigenvalue weighted by Crippen LogP contribution is -2.43. The molecule has 1 aromatic rings. The van der Waals surface area contributed by atoms with E-state index in [1.54, 1.807) is 0 Å². The molecule has 5 nitrogen and oxygen atoms in total. The molecule has 0 radical (unpaired) electrons. The van der Waals surface area contributed by atoms with Gasteiger partial charge in [0.1, 0.15) is 11.8 Å². The van der Waals surface area contributed by atoms with Crippen molar-refractivity contribution < 1.29 is 14.3 Å². The van der Waals surface area contributed by atoms with Gasteiger partial charge >= 0.3 is 0 Å². The van der Waals surface area contributed by atoms with Crippen molar-refractivity contribution in [2.45, 2.75) is 26.4 Å². The van der Waals surface area contributed by atoms with Crippen LogP contribution in [0, 0.1) is 6.92 Å². The summed E-state index contributed by atoms with van der Waals surface area (Å²) in [5.74, 6) is 0.563. The standard InChI is InChI=1S/C14H22N2O3/c1-4-19-13-7-10(2)5-6-11(13)8-16-14(17)12(15)9-18-3/h5-7,12H,4,8-9,15H2,1-3H3,(H,16,17). The number of carbonyl (C=O) groups excluding carboxylic acids is 1. The van der Waals surface area contributed by atoms with Crippen LogP contribution in [0.3, 0.4) is 0 Å². The fourth-order valence-corrected chi connectivity index (χ4v) is 1.67. The summed E-state index contributed by atoms with van der Waals surface area (Å²) in [4.78, 5) is 11.7. The predicted molar refractivity (Wildman–Crippen MR) is 74.0 cm³/mol. The van der Waals surface area contributed by atoms with Crippen LogP contribution in [-0.2, 0) is 16.1 Å². The molecule has 5 heteroatoms. The second-order valence-corrected chi connectivity index (χ2v) is 4.32. The maximum absolute atomic E-state index is 11.7. The Labute approximate surface area is 114 Å². The average Bonchev–Trinajstić information content (AvgIpc) is 2.38. The van der Waals surface area contributed by atoms with E-state index in [1.165, 1.54) is 7.11 Å². The van der Waals surface area contributed by atoms with Gasteiger partial charge in [-0.2, -0.15) is 0 Å². The predicted octanol–water partition coefficient (Wildman–Crippen LogP) is 0.984. The molecule has 0 aromatic heterocycles. The number of hydrogen-bond acceptors (Lipinski definition) is 4. The van der Waals surface area contributed by atoms with E-state index in [4.69, 9.17) is 15.2 Å². The topological polar surface area (TPSA) is 73.6 Å². The Balaban J connectivity index is 2.64. The van der Waals surface area contributed by atoms with Crippen LogP contribution in [0.4, 0.5) is 0 Å². The van der Waals surface area contributed by atoms with E-state index in [-0.39, 0.29) is 12.5 Å². The van der Waals surface area contributed by atoms with Crippen LogP contribution in [0.15, 0.2) is 18.2 Å². The van der Waals surface area contributed by atoms with E-state index in [1.807, 2.05) is 32.0 Å². The van der Waals surface area contributed by atoms with E-state index in [2.05, 4.69) is 5.32 Å². The Morgan fingerprint density at radius 2 is 2.21 bits per heavy atom. The van der Waals surface area contributed by atoms with E-state index >= 15 is 0 Å². The van der Waals surface area contributed by atoms with Gasteiger partial charge in [0.05, 0.1) is 13.2 Å². The summed E-state index contributed by atoms with van der Waals surface area (Å²) >= 11 is 0. The summed E-state index contributed by atoms with van der Waals surface area (Å²) in [5.41, 5.74) is 7.70. The highest BCUT2D eigenvalue weighted by Gasteiger charge is 2.13. The summed E-state index contributed by atoms with van der Waals surface area (Å²) in [5, 5.41) is 2.78. The second kappa shape index (κ2) is 7.76. The fourth-order valence-electron chi connectivity index (χ4n) is 1.67. The Kier molecular flexibility index (Phi) is 6.32. The van der Waals surface area contributed by atoms with Crippen LogP contribution in [0.25, 0.3) is 0 Å². The lowest BCUT2D eigenvalue weighted by Gasteiger charge is -2.14. The molecule has 1 amide bonds. The summed E-state index contributed by atoms with van der Waals surface area (Å²) < 4.78 is 10.4. The van der Waals surface area contributed by atoms with E-state index in [0.29, 0.717) is 13.2 Å². The number of rotatable bonds is 7. The minimum absolute atomic E-state index is 0.206. The van der Waals surface area contributed by atoms with Gasteiger partial charge < -0.3 is 20.5 Å². The van der Waals surface area contributed by atoms with Crippen molar-refractivity contribution in [1.29, 1.82) is 0 Å². The van der Waals surface area contributed by atoms with Crippen molar-refractivity contribution in [1.82, 2.24) is 5.32 Å². The van der Waals surface area contributed by atoms with Crippen LogP contribution in [0.2, 0.25) is 0 Å². The Bertz CT molecular complexity index is 421. The lowest BCUT2D eigenvalue weighted by atomic mass is 10.1. The number of ether oxygens (including phenoxy) is 2. The van der Waals surface area contributed by atoms with Crippen LogP contribution in [-0.4, -0.2) is 32.3 Å². The number of nitrogens with two attached hydrogens (primary N) is 1. The first-order valence-corrected chi connectivity index (χ1v) is 6.33. The summed E-state index contributed by atoms with van der Waals surface area (Å²) in [6.45, 7) is 5.12. The first-order valence-electron chi connectivity index (χ1n) is 6.33. The number of aryl methyl sites for hydroxylation is 1. The van der Waals surface area contributed by atoms with Crippen molar-refractivity contribution in [3.05, 3.63) is 29.3 Å². The Hall–Kier alpha value is -1.59. The third-order valence-corrected chi connectivity index (χ3v) is 2.66. The van der Waals surface area contributed by atoms with Gasteiger partial charge in [-0.15, -0.1) is 0 Å². The first-order chi connectivity index (χ1) is 9.08. The zero-order valence-electron chi connectivity index (χ0n) is 11.7. The van der Waals surface area contributed by atoms with Gasteiger partial charge in [0.15, 0.2) is 0 Å². The van der Waals surface area contributed by atoms with Crippen molar-refractivity contribution >= 4 is 5.91 Å². The van der Waals surface area contributed by atoms with Gasteiger partial charge in [0.25, 0.3) is 0 Å². The Morgan fingerprint density at radius 3 is 2.84 bits per heavy atom. The van der Waals surface area contributed by atoms with Crippen LogP contribution in [0.5, 0.6) is 5.75 Å². The van der Waals surface area contributed by atoms with Crippen LogP contribution >= 0.6 is 0 Å². The van der Waals surface area contributed by atoms with Crippen LogP contribution < -0.4 is 15.8 Å². The molecule has 0 spiro atoms. The second-order valence-electron chi connectivity index (χ2n) is 4.32. The van der Waals surface area contributed by atoms with Gasteiger partial charge in [-0.25, -0.2) is 0 Å². The molecule has 0 saturated heterocycles. The molecule has 1 aromatic carbocycles. The molecule has 19 heavy (non-hydrogen) atoms. The molecule has 0 bridgehead atoms. The quantitative estimate of drug-likeness (QED) is 0.771. The fraction of sp³-hybridized carbons (Fsp3) is 0.500. The first kappa shape index (κ1) is 15.5. The van der Waals surface area contributed by atoms with Gasteiger partial charge in [-0.05, 0) is 25.5 Å². The SMILES string of the molecule is CCOc1cc(C)ccc1CNC(=O)C(N)COC. The highest BCUT2D eigenvalue weighted by atomic mass is 16.5. The van der Waals surface area contributed by atoms with Crippen molar-refractivity contribution in [3.8, 4) is 5.75 Å². The maximum atomic E-state index is 11.7. The van der Waals surface area contributed by atoms with Gasteiger partial charge in [0.2, 0.25) is 5.91 Å². The normalized spacial score (nSPS) is 12.0. The van der Waals surface area contributed by atoms with Crippen molar-refractivity contribution in [2.24, 2.45) is 5.73 Å². The molecule has 1 rings (SSSR count). The third-order valence-electron chi connectivity index (χ3n) is 2.66. The van der Waals surface area contributed by atoms with E-state index in [9.17, 15) is 4.79 Å². The molecule has 3 N–H and O–H groups in total. The average molecular weight is 266 g/mol. The molecule has 0 heterocycles. The number of carbonyl (C=O) groups is 1. The van der Waals surface area contributed by atoms with Crippen LogP contribution in [0.1, 0.15) is 18.1 Å². The largest absolute Gasteiger partial charge is 0.494 e. The van der Waals surface area contributed by atoms with E-state index < -0.39 is 6.04 Å². The molecule has 0 fully saturated rings. The molecule has 0 saturated carbocycles.